The fourth-order valence-corrected chi connectivity index (χ4v) is 10.4. The van der Waals surface area contributed by atoms with E-state index in [4.69, 9.17) is 0 Å². The SMILES string of the molecule is CC1(C)C(=O)C(C#N)=C[C@]2(C)C3=CC(=O)[C@]4(O)[C@@H]5C[C@@](C)(CNC(=O)CO)CC[C@]5(C)CC[C@@]4(C)[C@]3(C)CC[C@@H]12. The predicted molar refractivity (Wildman–Crippen MR) is 150 cm³/mol. The van der Waals surface area contributed by atoms with Crippen LogP contribution in [0.25, 0.3) is 0 Å². The van der Waals surface area contributed by atoms with Crippen molar-refractivity contribution in [3.8, 4) is 6.07 Å². The van der Waals surface area contributed by atoms with Crippen molar-refractivity contribution in [2.45, 2.75) is 99.0 Å². The average molecular weight is 551 g/mol. The predicted octanol–water partition coefficient (Wildman–Crippen LogP) is 4.43. The monoisotopic (exact) mass is 550 g/mol. The number of carbonyl (C=O) groups is 3. The third-order valence-corrected chi connectivity index (χ3v) is 13.2. The average Bonchev–Trinajstić information content (AvgIpc) is 2.90. The molecule has 5 aliphatic carbocycles. The van der Waals surface area contributed by atoms with Crippen molar-refractivity contribution in [1.82, 2.24) is 5.32 Å². The molecule has 0 saturated heterocycles. The lowest BCUT2D eigenvalue weighted by Gasteiger charge is -2.71. The lowest BCUT2D eigenvalue weighted by atomic mass is 9.33. The molecule has 0 spiro atoms. The molecule has 7 nitrogen and oxygen atoms in total. The van der Waals surface area contributed by atoms with E-state index in [9.17, 15) is 29.9 Å². The highest BCUT2D eigenvalue weighted by atomic mass is 16.3. The standard InChI is InChI=1S/C33H46N2O5/c1-27(2)21-8-9-31(6)22(30(21,5)15-20(17-34)26(27)39)14-24(37)33(40)23-16-28(3,19-35-25(38)18-36)10-11-29(23,4)12-13-32(31,33)7/h14-15,21,23,36,40H,8-13,16,18-19H2,1-7H3,(H,35,38)/t21-,23+,28-,29+,30-,31+,32-,33+/m0/s1. The van der Waals surface area contributed by atoms with Crippen LogP contribution in [0.2, 0.25) is 0 Å². The summed E-state index contributed by atoms with van der Waals surface area (Å²) in [4.78, 5) is 39.6. The molecular weight excluding hydrogens is 504 g/mol. The van der Waals surface area contributed by atoms with E-state index < -0.39 is 39.8 Å². The summed E-state index contributed by atoms with van der Waals surface area (Å²) >= 11 is 0. The molecule has 0 radical (unpaired) electrons. The van der Waals surface area contributed by atoms with E-state index in [1.807, 2.05) is 19.9 Å². The Morgan fingerprint density at radius 3 is 2.30 bits per heavy atom. The molecule has 5 aliphatic rings. The number of nitrogens with one attached hydrogen (secondary N) is 1. The van der Waals surface area contributed by atoms with E-state index in [1.54, 1.807) is 6.08 Å². The molecule has 3 N–H and O–H groups in total. The summed E-state index contributed by atoms with van der Waals surface area (Å²) in [7, 11) is 0. The molecule has 3 fully saturated rings. The van der Waals surface area contributed by atoms with Crippen molar-refractivity contribution >= 4 is 17.5 Å². The number of aliphatic hydroxyl groups excluding tert-OH is 1. The molecular formula is C33H46N2O5. The van der Waals surface area contributed by atoms with Crippen molar-refractivity contribution in [3.05, 3.63) is 23.3 Å². The van der Waals surface area contributed by atoms with Crippen LogP contribution >= 0.6 is 0 Å². The Hall–Kier alpha value is -2.30. The fraction of sp³-hybridized carbons (Fsp3) is 0.758. The maximum atomic E-state index is 14.5. The van der Waals surface area contributed by atoms with Crippen molar-refractivity contribution < 1.29 is 24.6 Å². The highest BCUT2D eigenvalue weighted by Gasteiger charge is 2.75. The number of Topliss-reactive ketones (excluding diaryl/α,β-unsaturated/α-hetero) is 1. The van der Waals surface area contributed by atoms with Crippen LogP contribution in [0.1, 0.15) is 93.4 Å². The summed E-state index contributed by atoms with van der Waals surface area (Å²) in [5.41, 5.74) is -3.60. The van der Waals surface area contributed by atoms with Gasteiger partial charge in [-0.15, -0.1) is 0 Å². The van der Waals surface area contributed by atoms with E-state index in [-0.39, 0.29) is 39.8 Å². The van der Waals surface area contributed by atoms with Crippen molar-refractivity contribution in [3.63, 3.8) is 0 Å². The topological polar surface area (TPSA) is 127 Å². The van der Waals surface area contributed by atoms with Gasteiger partial charge < -0.3 is 15.5 Å². The molecule has 0 aromatic heterocycles. The normalized spacial score (nSPS) is 47.4. The molecule has 3 saturated carbocycles. The second-order valence-corrected chi connectivity index (χ2v) is 15.6. The largest absolute Gasteiger partial charge is 0.387 e. The van der Waals surface area contributed by atoms with Gasteiger partial charge in [0.1, 0.15) is 18.3 Å². The summed E-state index contributed by atoms with van der Waals surface area (Å²) in [6.45, 7) is 14.4. The van der Waals surface area contributed by atoms with E-state index in [1.165, 1.54) is 0 Å². The minimum Gasteiger partial charge on any atom is -0.387 e. The maximum Gasteiger partial charge on any atom is 0.245 e. The minimum absolute atomic E-state index is 0.0477. The molecule has 0 aromatic rings. The smallest absolute Gasteiger partial charge is 0.245 e. The molecule has 0 unspecified atom stereocenters. The zero-order valence-corrected chi connectivity index (χ0v) is 25.2. The number of hydrogen-bond donors (Lipinski definition) is 3. The lowest BCUT2D eigenvalue weighted by molar-refractivity contribution is -0.243. The van der Waals surface area contributed by atoms with Gasteiger partial charge in [-0.25, -0.2) is 0 Å². The van der Waals surface area contributed by atoms with Gasteiger partial charge in [-0.1, -0.05) is 54.5 Å². The lowest BCUT2D eigenvalue weighted by Crippen LogP contribution is -2.74. The molecule has 0 heterocycles. The molecule has 8 atom stereocenters. The summed E-state index contributed by atoms with van der Waals surface area (Å²) in [6, 6.07) is 2.14. The zero-order valence-electron chi connectivity index (χ0n) is 25.2. The van der Waals surface area contributed by atoms with Crippen LogP contribution < -0.4 is 5.32 Å². The van der Waals surface area contributed by atoms with Crippen LogP contribution in [0.15, 0.2) is 23.3 Å². The summed E-state index contributed by atoms with van der Waals surface area (Å²) in [5, 5.41) is 34.9. The van der Waals surface area contributed by atoms with Crippen LogP contribution in [-0.4, -0.2) is 46.4 Å². The Labute approximate surface area is 238 Å². The fourth-order valence-electron chi connectivity index (χ4n) is 10.4. The van der Waals surface area contributed by atoms with Crippen LogP contribution in [0.3, 0.4) is 0 Å². The molecule has 7 heteroatoms. The number of allylic oxidation sites excluding steroid dienone is 3. The highest BCUT2D eigenvalue weighted by molar-refractivity contribution is 6.05. The van der Waals surface area contributed by atoms with Gasteiger partial charge in [0, 0.05) is 28.7 Å². The van der Waals surface area contributed by atoms with Gasteiger partial charge in [-0.3, -0.25) is 14.4 Å². The third-order valence-electron chi connectivity index (χ3n) is 13.2. The number of hydrogen-bond acceptors (Lipinski definition) is 6. The van der Waals surface area contributed by atoms with Crippen LogP contribution in [0, 0.1) is 55.7 Å². The van der Waals surface area contributed by atoms with E-state index in [0.717, 1.165) is 37.7 Å². The third kappa shape index (κ3) is 3.45. The zero-order chi connectivity index (χ0) is 29.7. The van der Waals surface area contributed by atoms with Gasteiger partial charge in [0.15, 0.2) is 11.6 Å². The number of rotatable bonds is 3. The van der Waals surface area contributed by atoms with Crippen molar-refractivity contribution in [2.24, 2.45) is 44.3 Å². The minimum atomic E-state index is -1.58. The summed E-state index contributed by atoms with van der Waals surface area (Å²) in [6.07, 6.45) is 8.99. The Morgan fingerprint density at radius 1 is 1.02 bits per heavy atom. The number of amides is 1. The first-order chi connectivity index (χ1) is 18.4. The van der Waals surface area contributed by atoms with E-state index in [0.29, 0.717) is 19.4 Å². The summed E-state index contributed by atoms with van der Waals surface area (Å²) in [5.74, 6) is -1.14. The highest BCUT2D eigenvalue weighted by Crippen LogP contribution is 2.75. The van der Waals surface area contributed by atoms with Gasteiger partial charge in [0.25, 0.3) is 0 Å². The molecule has 5 rings (SSSR count). The first-order valence-electron chi connectivity index (χ1n) is 14.9. The molecule has 0 aromatic carbocycles. The molecule has 0 aliphatic heterocycles. The molecule has 0 bridgehead atoms. The van der Waals surface area contributed by atoms with Crippen LogP contribution in [0.5, 0.6) is 0 Å². The number of carbonyl (C=O) groups excluding carboxylic acids is 3. The Balaban J connectivity index is 1.64. The molecule has 40 heavy (non-hydrogen) atoms. The first kappa shape index (κ1) is 29.2. The summed E-state index contributed by atoms with van der Waals surface area (Å²) < 4.78 is 0. The van der Waals surface area contributed by atoms with Crippen molar-refractivity contribution in [2.75, 3.05) is 13.2 Å². The molecule has 1 amide bonds. The number of fused-ring (bicyclic) bond motifs is 7. The van der Waals surface area contributed by atoms with Gasteiger partial charge in [0.05, 0.1) is 5.57 Å². The Bertz CT molecular complexity index is 1290. The second kappa shape index (κ2) is 8.61. The number of ketones is 2. The number of aliphatic hydroxyl groups is 2. The first-order valence-corrected chi connectivity index (χ1v) is 14.9. The van der Waals surface area contributed by atoms with Gasteiger partial charge in [-0.2, -0.15) is 5.26 Å². The van der Waals surface area contributed by atoms with E-state index in [2.05, 4.69) is 46.0 Å². The number of nitrogens with zero attached hydrogens (tertiary/aromatic N) is 1. The Kier molecular flexibility index (Phi) is 6.29. The second-order valence-electron chi connectivity index (χ2n) is 15.6. The van der Waals surface area contributed by atoms with Crippen molar-refractivity contribution in [1.29, 1.82) is 5.26 Å². The van der Waals surface area contributed by atoms with Crippen LogP contribution in [-0.2, 0) is 14.4 Å². The van der Waals surface area contributed by atoms with E-state index >= 15 is 0 Å². The number of nitriles is 1. The maximum absolute atomic E-state index is 14.5. The van der Waals surface area contributed by atoms with Gasteiger partial charge in [-0.05, 0) is 78.8 Å². The Morgan fingerprint density at radius 2 is 1.68 bits per heavy atom. The van der Waals surface area contributed by atoms with Gasteiger partial charge >= 0.3 is 0 Å². The van der Waals surface area contributed by atoms with Gasteiger partial charge in [0.2, 0.25) is 5.91 Å². The quantitative estimate of drug-likeness (QED) is 0.477. The van der Waals surface area contributed by atoms with Crippen LogP contribution in [0.4, 0.5) is 0 Å². The molecule has 218 valence electrons.